The number of fused-ring (bicyclic) bond motifs is 1. The minimum Gasteiger partial charge on any atom is -0.342 e. The highest BCUT2D eigenvalue weighted by Crippen LogP contribution is 2.31. The van der Waals surface area contributed by atoms with Crippen molar-refractivity contribution in [3.05, 3.63) is 59.3 Å². The largest absolute Gasteiger partial charge is 0.342 e. The molecule has 0 aromatic carbocycles. The number of amides is 1. The summed E-state index contributed by atoms with van der Waals surface area (Å²) in [5.41, 5.74) is 4.93. The van der Waals surface area contributed by atoms with E-state index < -0.39 is 0 Å². The van der Waals surface area contributed by atoms with Crippen molar-refractivity contribution in [3.63, 3.8) is 0 Å². The van der Waals surface area contributed by atoms with E-state index in [4.69, 9.17) is 4.52 Å². The quantitative estimate of drug-likeness (QED) is 0.352. The summed E-state index contributed by atoms with van der Waals surface area (Å²) in [6.45, 7) is 7.78. The number of aromatic amines is 1. The van der Waals surface area contributed by atoms with Gasteiger partial charge < -0.3 is 15.2 Å². The summed E-state index contributed by atoms with van der Waals surface area (Å²) in [4.78, 5) is 30.8. The summed E-state index contributed by atoms with van der Waals surface area (Å²) in [6, 6.07) is 3.71. The Morgan fingerprint density at radius 2 is 2.03 bits per heavy atom. The maximum atomic E-state index is 12.9. The van der Waals surface area contributed by atoms with Gasteiger partial charge in [-0.15, -0.1) is 0 Å². The molecule has 1 aliphatic carbocycles. The van der Waals surface area contributed by atoms with Crippen LogP contribution < -0.4 is 10.6 Å². The molecule has 186 valence electrons. The molecule has 1 amide bonds. The molecule has 36 heavy (non-hydrogen) atoms. The number of hydrogen-bond acceptors (Lipinski definition) is 9. The Labute approximate surface area is 208 Å². The molecule has 4 aromatic heterocycles. The minimum absolute atomic E-state index is 0.0455. The first-order valence-electron chi connectivity index (χ1n) is 12.0. The zero-order chi connectivity index (χ0) is 25.3. The molecule has 0 saturated carbocycles. The van der Waals surface area contributed by atoms with Crippen LogP contribution >= 0.6 is 0 Å². The number of anilines is 2. The van der Waals surface area contributed by atoms with Crippen molar-refractivity contribution in [1.82, 2.24) is 40.6 Å². The Hall–Kier alpha value is -4.15. The van der Waals surface area contributed by atoms with Gasteiger partial charge in [0.05, 0.1) is 28.8 Å². The van der Waals surface area contributed by atoms with Crippen molar-refractivity contribution in [3.8, 4) is 11.4 Å². The lowest BCUT2D eigenvalue weighted by Gasteiger charge is -2.19. The molecule has 1 atom stereocenters. The summed E-state index contributed by atoms with van der Waals surface area (Å²) in [6.07, 6.45) is 9.03. The lowest BCUT2D eigenvalue weighted by molar-refractivity contribution is 0.0921. The van der Waals surface area contributed by atoms with Crippen LogP contribution in [0.5, 0.6) is 0 Å². The molecule has 4 aromatic rings. The van der Waals surface area contributed by atoms with E-state index in [1.165, 1.54) is 0 Å². The number of carbonyl (C=O) groups excluding carboxylic acids is 1. The second-order valence-electron chi connectivity index (χ2n) is 9.99. The first kappa shape index (κ1) is 23.6. The van der Waals surface area contributed by atoms with Gasteiger partial charge in [0, 0.05) is 24.0 Å². The zero-order valence-electron chi connectivity index (χ0n) is 20.8. The average molecular weight is 488 g/mol. The Morgan fingerprint density at radius 3 is 2.78 bits per heavy atom. The standard InChI is InChI=1S/C25H29N9O2/c1-14-20(13-28-33-14)31-24-26-10-9-18(30-24)19-11-15-7-5-6-8-17(16(15)12-27-19)29-22(35)21-32-23(36-34-21)25(2,3)4/h9-13,17H,5-8H2,1-4H3,(H,28,33)(H,29,35)(H,26,30,31)/t17-/m0/s1. The van der Waals surface area contributed by atoms with Gasteiger partial charge in [0.15, 0.2) is 0 Å². The van der Waals surface area contributed by atoms with Crippen molar-refractivity contribution in [2.75, 3.05) is 5.32 Å². The summed E-state index contributed by atoms with van der Waals surface area (Å²) < 4.78 is 5.29. The SMILES string of the molecule is Cc1n[nH]cc1Nc1nccc(-c2cc3c(cn2)[C@@H](NC(=O)c2noc(C(C)(C)C)n2)CCCC3)n1. The van der Waals surface area contributed by atoms with Crippen LogP contribution in [-0.2, 0) is 11.8 Å². The Kier molecular flexibility index (Phi) is 6.21. The Balaban J connectivity index is 1.37. The van der Waals surface area contributed by atoms with E-state index in [0.29, 0.717) is 17.5 Å². The average Bonchev–Trinajstić information content (AvgIpc) is 3.46. The third-order valence-corrected chi connectivity index (χ3v) is 6.16. The van der Waals surface area contributed by atoms with E-state index in [0.717, 1.165) is 53.9 Å². The molecule has 0 radical (unpaired) electrons. The molecule has 4 heterocycles. The summed E-state index contributed by atoms with van der Waals surface area (Å²) in [7, 11) is 0. The van der Waals surface area contributed by atoms with Gasteiger partial charge >= 0.3 is 0 Å². The van der Waals surface area contributed by atoms with Crippen LogP contribution in [0, 0.1) is 6.92 Å². The van der Waals surface area contributed by atoms with E-state index in [1.807, 2.05) is 40.0 Å². The number of nitrogens with zero attached hydrogens (tertiary/aromatic N) is 6. The highest BCUT2D eigenvalue weighted by atomic mass is 16.5. The number of pyridine rings is 1. The van der Waals surface area contributed by atoms with Crippen molar-refractivity contribution in [1.29, 1.82) is 0 Å². The molecule has 0 fully saturated rings. The molecule has 0 unspecified atom stereocenters. The van der Waals surface area contributed by atoms with Crippen LogP contribution in [-0.4, -0.2) is 41.2 Å². The second-order valence-corrected chi connectivity index (χ2v) is 9.99. The number of aromatic nitrogens is 7. The van der Waals surface area contributed by atoms with Gasteiger partial charge in [-0.3, -0.25) is 14.9 Å². The van der Waals surface area contributed by atoms with Gasteiger partial charge in [-0.1, -0.05) is 32.3 Å². The third-order valence-electron chi connectivity index (χ3n) is 6.16. The van der Waals surface area contributed by atoms with Crippen molar-refractivity contribution < 1.29 is 9.32 Å². The normalized spacial score (nSPS) is 15.7. The Morgan fingerprint density at radius 1 is 1.17 bits per heavy atom. The fourth-order valence-corrected chi connectivity index (χ4v) is 4.16. The number of rotatable bonds is 5. The molecular weight excluding hydrogens is 458 g/mol. The number of nitrogens with one attached hydrogen (secondary N) is 3. The Bertz CT molecular complexity index is 1390. The van der Waals surface area contributed by atoms with Gasteiger partial charge in [-0.2, -0.15) is 10.1 Å². The molecular formula is C25H29N9O2. The summed E-state index contributed by atoms with van der Waals surface area (Å²) in [5.74, 6) is 0.594. The first-order valence-corrected chi connectivity index (χ1v) is 12.0. The molecule has 0 aliphatic heterocycles. The van der Waals surface area contributed by atoms with Gasteiger partial charge in [0.25, 0.3) is 11.7 Å². The smallest absolute Gasteiger partial charge is 0.293 e. The fourth-order valence-electron chi connectivity index (χ4n) is 4.16. The summed E-state index contributed by atoms with van der Waals surface area (Å²) in [5, 5.41) is 17.1. The molecule has 0 bridgehead atoms. The monoisotopic (exact) mass is 487 g/mol. The number of hydrogen-bond donors (Lipinski definition) is 3. The van der Waals surface area contributed by atoms with Gasteiger partial charge in [-0.25, -0.2) is 9.97 Å². The topological polar surface area (TPSA) is 147 Å². The minimum atomic E-state index is -0.350. The van der Waals surface area contributed by atoms with Crippen LogP contribution in [0.4, 0.5) is 11.6 Å². The van der Waals surface area contributed by atoms with Crippen LogP contribution in [0.1, 0.15) is 79.4 Å². The third kappa shape index (κ3) is 4.95. The van der Waals surface area contributed by atoms with E-state index in [-0.39, 0.29) is 23.2 Å². The highest BCUT2D eigenvalue weighted by Gasteiger charge is 2.27. The van der Waals surface area contributed by atoms with Gasteiger partial charge in [0.1, 0.15) is 0 Å². The molecule has 5 rings (SSSR count). The van der Waals surface area contributed by atoms with E-state index in [2.05, 4.69) is 52.0 Å². The van der Waals surface area contributed by atoms with E-state index in [9.17, 15) is 4.79 Å². The number of carbonyl (C=O) groups is 1. The maximum Gasteiger partial charge on any atom is 0.293 e. The molecule has 0 saturated heterocycles. The van der Waals surface area contributed by atoms with Crippen LogP contribution in [0.2, 0.25) is 0 Å². The zero-order valence-corrected chi connectivity index (χ0v) is 20.8. The number of H-pyrrole nitrogens is 1. The lowest BCUT2D eigenvalue weighted by atomic mass is 9.97. The van der Waals surface area contributed by atoms with Crippen LogP contribution in [0.3, 0.4) is 0 Å². The van der Waals surface area contributed by atoms with Gasteiger partial charge in [-0.05, 0) is 49.4 Å². The van der Waals surface area contributed by atoms with Crippen LogP contribution in [0.15, 0.2) is 35.2 Å². The molecule has 11 nitrogen and oxygen atoms in total. The van der Waals surface area contributed by atoms with E-state index in [1.54, 1.807) is 12.4 Å². The van der Waals surface area contributed by atoms with Gasteiger partial charge in [0.2, 0.25) is 11.8 Å². The lowest BCUT2D eigenvalue weighted by Crippen LogP contribution is -2.30. The molecule has 3 N–H and O–H groups in total. The van der Waals surface area contributed by atoms with E-state index >= 15 is 0 Å². The first-order chi connectivity index (χ1) is 17.3. The number of aryl methyl sites for hydroxylation is 2. The predicted molar refractivity (Wildman–Crippen MR) is 133 cm³/mol. The summed E-state index contributed by atoms with van der Waals surface area (Å²) >= 11 is 0. The molecule has 1 aliphatic rings. The van der Waals surface area contributed by atoms with Crippen LogP contribution in [0.25, 0.3) is 11.4 Å². The predicted octanol–water partition coefficient (Wildman–Crippen LogP) is 4.19. The fraction of sp³-hybridized carbons (Fsp3) is 0.400. The maximum absolute atomic E-state index is 12.9. The van der Waals surface area contributed by atoms with Crippen molar-refractivity contribution >= 4 is 17.5 Å². The van der Waals surface area contributed by atoms with Crippen molar-refractivity contribution in [2.24, 2.45) is 0 Å². The molecule has 11 heteroatoms. The highest BCUT2D eigenvalue weighted by molar-refractivity contribution is 5.90. The molecule has 0 spiro atoms. The van der Waals surface area contributed by atoms with Crippen molar-refractivity contribution in [2.45, 2.75) is 64.8 Å². The second kappa shape index (κ2) is 9.48.